The molecule has 0 aliphatic rings. The monoisotopic (exact) mass is 320 g/mol. The molecule has 0 atom stereocenters. The Kier molecular flexibility index (Phi) is 4.80. The topological polar surface area (TPSA) is 48.1 Å². The minimum absolute atomic E-state index is 0.443. The molecule has 2 rings (SSSR count). The van der Waals surface area contributed by atoms with Crippen LogP contribution in [0.5, 0.6) is 11.6 Å². The number of benzene rings is 1. The van der Waals surface area contributed by atoms with Gasteiger partial charge in [-0.15, -0.1) is 0 Å². The Morgan fingerprint density at radius 2 is 2.00 bits per heavy atom. The van der Waals surface area contributed by atoms with Crippen molar-refractivity contribution in [2.45, 2.75) is 26.2 Å². The highest BCUT2D eigenvalue weighted by Gasteiger charge is 2.08. The number of unbranched alkanes of at least 4 members (excludes halogenated alkanes) is 1. The molecule has 100 valence electrons. The Balaban J connectivity index is 2.25. The van der Waals surface area contributed by atoms with E-state index in [1.54, 1.807) is 12.1 Å². The second-order valence-corrected chi connectivity index (χ2v) is 5.15. The predicted molar refractivity (Wildman–Crippen MR) is 81.5 cm³/mol. The smallest absolute Gasteiger partial charge is 0.243 e. The quantitative estimate of drug-likeness (QED) is 0.821. The molecule has 0 saturated carbocycles. The van der Waals surface area contributed by atoms with Gasteiger partial charge in [0.15, 0.2) is 0 Å². The summed E-state index contributed by atoms with van der Waals surface area (Å²) >= 11 is 3.32. The molecule has 1 aromatic carbocycles. The number of nitrogens with two attached hydrogens (primary N) is 1. The molecule has 0 radical (unpaired) electrons. The van der Waals surface area contributed by atoms with E-state index in [-0.39, 0.29) is 0 Å². The summed E-state index contributed by atoms with van der Waals surface area (Å²) in [4.78, 5) is 4.26. The van der Waals surface area contributed by atoms with Gasteiger partial charge in [0.1, 0.15) is 10.4 Å². The van der Waals surface area contributed by atoms with Gasteiger partial charge < -0.3 is 10.5 Å². The molecule has 0 fully saturated rings. The van der Waals surface area contributed by atoms with E-state index in [9.17, 15) is 0 Å². The lowest BCUT2D eigenvalue weighted by Gasteiger charge is -2.11. The number of rotatable bonds is 5. The number of halogens is 1. The summed E-state index contributed by atoms with van der Waals surface area (Å²) < 4.78 is 6.56. The van der Waals surface area contributed by atoms with E-state index >= 15 is 0 Å². The third kappa shape index (κ3) is 3.70. The first-order chi connectivity index (χ1) is 9.20. The average Bonchev–Trinajstić information content (AvgIpc) is 2.42. The van der Waals surface area contributed by atoms with E-state index in [2.05, 4.69) is 33.9 Å². The number of ether oxygens (including phenoxy) is 1. The Bertz CT molecular complexity index is 558. The molecule has 2 aromatic rings. The lowest BCUT2D eigenvalue weighted by molar-refractivity contribution is 0.457. The van der Waals surface area contributed by atoms with Crippen LogP contribution in [0, 0.1) is 0 Å². The molecule has 0 aliphatic heterocycles. The number of nitrogen functional groups attached to an aromatic ring is 1. The van der Waals surface area contributed by atoms with Crippen LogP contribution in [-0.4, -0.2) is 4.98 Å². The van der Waals surface area contributed by atoms with Gasteiger partial charge in [-0.1, -0.05) is 31.5 Å². The minimum Gasteiger partial charge on any atom is -0.437 e. The lowest BCUT2D eigenvalue weighted by atomic mass is 10.1. The Labute approximate surface area is 121 Å². The van der Waals surface area contributed by atoms with E-state index in [1.165, 1.54) is 5.56 Å². The van der Waals surface area contributed by atoms with Crippen molar-refractivity contribution in [2.75, 3.05) is 5.73 Å². The zero-order valence-electron chi connectivity index (χ0n) is 10.9. The van der Waals surface area contributed by atoms with Crippen molar-refractivity contribution in [3.8, 4) is 11.6 Å². The summed E-state index contributed by atoms with van der Waals surface area (Å²) in [5, 5.41) is 0. The average molecular weight is 321 g/mol. The standard InChI is InChI=1S/C15H17BrN2O/c1-2-3-6-11-7-4-5-8-13(11)19-15-12(17)9-10-14(16)18-15/h4-5,7-10H,2-3,6,17H2,1H3. The number of aromatic nitrogens is 1. The Morgan fingerprint density at radius 1 is 1.21 bits per heavy atom. The van der Waals surface area contributed by atoms with Crippen molar-refractivity contribution >= 4 is 21.6 Å². The largest absolute Gasteiger partial charge is 0.437 e. The van der Waals surface area contributed by atoms with Crippen LogP contribution in [0.2, 0.25) is 0 Å². The van der Waals surface area contributed by atoms with Crippen LogP contribution in [0.25, 0.3) is 0 Å². The van der Waals surface area contributed by atoms with Gasteiger partial charge in [-0.05, 0) is 52.5 Å². The molecule has 0 aliphatic carbocycles. The maximum absolute atomic E-state index is 5.88. The molecule has 2 N–H and O–H groups in total. The third-order valence-electron chi connectivity index (χ3n) is 2.83. The second kappa shape index (κ2) is 6.57. The first kappa shape index (κ1) is 13.9. The molecule has 1 heterocycles. The van der Waals surface area contributed by atoms with Crippen LogP contribution < -0.4 is 10.5 Å². The predicted octanol–water partition coefficient (Wildman–Crippen LogP) is 4.56. The van der Waals surface area contributed by atoms with Crippen LogP contribution >= 0.6 is 15.9 Å². The fourth-order valence-electron chi connectivity index (χ4n) is 1.79. The van der Waals surface area contributed by atoms with E-state index in [0.717, 1.165) is 25.0 Å². The van der Waals surface area contributed by atoms with Gasteiger partial charge >= 0.3 is 0 Å². The molecule has 3 nitrogen and oxygen atoms in total. The zero-order valence-corrected chi connectivity index (χ0v) is 12.5. The summed E-state index contributed by atoms with van der Waals surface area (Å²) in [6.45, 7) is 2.18. The van der Waals surface area contributed by atoms with Crippen LogP contribution in [0.1, 0.15) is 25.3 Å². The van der Waals surface area contributed by atoms with Crippen molar-refractivity contribution < 1.29 is 4.74 Å². The summed E-state index contributed by atoms with van der Waals surface area (Å²) in [6.07, 6.45) is 3.30. The summed E-state index contributed by atoms with van der Waals surface area (Å²) in [5.74, 6) is 1.27. The molecule has 0 bridgehead atoms. The maximum Gasteiger partial charge on any atom is 0.243 e. The number of para-hydroxylation sites is 1. The van der Waals surface area contributed by atoms with Gasteiger partial charge in [0.25, 0.3) is 0 Å². The summed E-state index contributed by atoms with van der Waals surface area (Å²) in [5.41, 5.74) is 7.60. The van der Waals surface area contributed by atoms with E-state index in [0.29, 0.717) is 16.2 Å². The highest BCUT2D eigenvalue weighted by molar-refractivity contribution is 9.10. The molecule has 19 heavy (non-hydrogen) atoms. The normalized spacial score (nSPS) is 10.4. The van der Waals surface area contributed by atoms with Crippen molar-refractivity contribution in [1.82, 2.24) is 4.98 Å². The van der Waals surface area contributed by atoms with Gasteiger partial charge in [-0.2, -0.15) is 0 Å². The number of anilines is 1. The van der Waals surface area contributed by atoms with Crippen LogP contribution in [0.15, 0.2) is 41.0 Å². The zero-order chi connectivity index (χ0) is 13.7. The number of hydrogen-bond acceptors (Lipinski definition) is 3. The first-order valence-electron chi connectivity index (χ1n) is 6.38. The number of hydrogen-bond donors (Lipinski definition) is 1. The van der Waals surface area contributed by atoms with Crippen LogP contribution in [0.3, 0.4) is 0 Å². The highest BCUT2D eigenvalue weighted by Crippen LogP contribution is 2.29. The van der Waals surface area contributed by atoms with Gasteiger partial charge in [-0.3, -0.25) is 0 Å². The Hall–Kier alpha value is -1.55. The van der Waals surface area contributed by atoms with Gasteiger partial charge in [0, 0.05) is 0 Å². The molecule has 0 saturated heterocycles. The summed E-state index contributed by atoms with van der Waals surface area (Å²) in [7, 11) is 0. The number of aryl methyl sites for hydroxylation is 1. The third-order valence-corrected chi connectivity index (χ3v) is 3.28. The highest BCUT2D eigenvalue weighted by atomic mass is 79.9. The van der Waals surface area contributed by atoms with Gasteiger partial charge in [0.2, 0.25) is 5.88 Å². The van der Waals surface area contributed by atoms with E-state index < -0.39 is 0 Å². The van der Waals surface area contributed by atoms with Crippen molar-refractivity contribution in [2.24, 2.45) is 0 Å². The fourth-order valence-corrected chi connectivity index (χ4v) is 2.08. The van der Waals surface area contributed by atoms with Gasteiger partial charge in [-0.25, -0.2) is 4.98 Å². The molecule has 0 amide bonds. The number of nitrogens with zero attached hydrogens (tertiary/aromatic N) is 1. The maximum atomic E-state index is 5.88. The minimum atomic E-state index is 0.443. The van der Waals surface area contributed by atoms with E-state index in [4.69, 9.17) is 10.5 Å². The first-order valence-corrected chi connectivity index (χ1v) is 7.17. The Morgan fingerprint density at radius 3 is 2.79 bits per heavy atom. The summed E-state index contributed by atoms with van der Waals surface area (Å²) in [6, 6.07) is 11.6. The SMILES string of the molecule is CCCCc1ccccc1Oc1nc(Br)ccc1N. The van der Waals surface area contributed by atoms with Crippen molar-refractivity contribution in [3.05, 3.63) is 46.6 Å². The van der Waals surface area contributed by atoms with Crippen molar-refractivity contribution in [3.63, 3.8) is 0 Å². The van der Waals surface area contributed by atoms with Crippen LogP contribution in [0.4, 0.5) is 5.69 Å². The molecule has 4 heteroatoms. The second-order valence-electron chi connectivity index (χ2n) is 4.34. The molecular weight excluding hydrogens is 304 g/mol. The molecule has 0 unspecified atom stereocenters. The van der Waals surface area contributed by atoms with E-state index in [1.807, 2.05) is 18.2 Å². The van der Waals surface area contributed by atoms with Crippen LogP contribution in [-0.2, 0) is 6.42 Å². The molecule has 1 aromatic heterocycles. The molecular formula is C15H17BrN2O. The lowest BCUT2D eigenvalue weighted by Crippen LogP contribution is -1.97. The number of pyridine rings is 1. The molecule has 0 spiro atoms. The van der Waals surface area contributed by atoms with Crippen molar-refractivity contribution in [1.29, 1.82) is 0 Å². The fraction of sp³-hybridized carbons (Fsp3) is 0.267. The van der Waals surface area contributed by atoms with Gasteiger partial charge in [0.05, 0.1) is 5.69 Å².